The predicted molar refractivity (Wildman–Crippen MR) is 101 cm³/mol. The molecule has 0 aromatic rings. The number of nitrogens with one attached hydrogen (secondary N) is 1. The van der Waals surface area contributed by atoms with Crippen LogP contribution in [0.15, 0.2) is 0 Å². The fraction of sp³-hybridized carbons (Fsp3) is 0.895. The summed E-state index contributed by atoms with van der Waals surface area (Å²) in [5, 5.41) is 28.8. The number of unbranched alkanes of at least 4 members (excludes halogenated alkanes) is 7. The molecular formula is C19H37NO7. The van der Waals surface area contributed by atoms with Crippen LogP contribution in [0.3, 0.4) is 0 Å². The van der Waals surface area contributed by atoms with Gasteiger partial charge in [0, 0.05) is 13.0 Å². The summed E-state index contributed by atoms with van der Waals surface area (Å²) in [6, 6.07) is 0. The van der Waals surface area contributed by atoms with E-state index in [0.717, 1.165) is 51.4 Å². The Hall–Kier alpha value is -1.22. The number of hydrogen-bond donors (Lipinski definition) is 4. The molecule has 160 valence electrons. The fourth-order valence-corrected chi connectivity index (χ4v) is 2.62. The van der Waals surface area contributed by atoms with Crippen molar-refractivity contribution < 1.29 is 34.5 Å². The molecule has 0 spiro atoms. The first-order valence-electron chi connectivity index (χ1n) is 9.85. The van der Waals surface area contributed by atoms with Gasteiger partial charge in [0.05, 0.1) is 13.2 Å². The number of carbonyl (C=O) groups excluding carboxylic acids is 1. The number of carboxylic acid groups (broad SMARTS) is 1. The zero-order chi connectivity index (χ0) is 20.7. The molecule has 3 unspecified atom stereocenters. The Morgan fingerprint density at radius 2 is 1.41 bits per heavy atom. The second kappa shape index (κ2) is 15.8. The quantitative estimate of drug-likeness (QED) is 0.169. The van der Waals surface area contributed by atoms with Gasteiger partial charge < -0.3 is 20.1 Å². The Morgan fingerprint density at radius 3 is 1.89 bits per heavy atom. The molecule has 0 amide bonds. The van der Waals surface area contributed by atoms with Crippen LogP contribution in [0.4, 0.5) is 0 Å². The number of esters is 1. The van der Waals surface area contributed by atoms with Gasteiger partial charge >= 0.3 is 11.9 Å². The first kappa shape index (κ1) is 25.8. The first-order chi connectivity index (χ1) is 12.8. The molecule has 8 heteroatoms. The van der Waals surface area contributed by atoms with E-state index in [0.29, 0.717) is 13.0 Å². The van der Waals surface area contributed by atoms with Crippen molar-refractivity contribution in [2.45, 2.75) is 89.9 Å². The maximum atomic E-state index is 11.2. The van der Waals surface area contributed by atoms with Crippen molar-refractivity contribution in [1.82, 2.24) is 5.48 Å². The van der Waals surface area contributed by atoms with E-state index in [9.17, 15) is 19.8 Å². The van der Waals surface area contributed by atoms with Crippen LogP contribution in [-0.4, -0.2) is 59.2 Å². The number of aliphatic carboxylic acids is 1. The van der Waals surface area contributed by atoms with Crippen LogP contribution in [0.2, 0.25) is 0 Å². The molecule has 0 aromatic carbocycles. The number of rotatable bonds is 17. The van der Waals surface area contributed by atoms with Gasteiger partial charge in [0.1, 0.15) is 6.10 Å². The summed E-state index contributed by atoms with van der Waals surface area (Å²) >= 11 is 0. The summed E-state index contributed by atoms with van der Waals surface area (Å²) < 4.78 is 4.59. The van der Waals surface area contributed by atoms with E-state index in [2.05, 4.69) is 10.2 Å². The monoisotopic (exact) mass is 391 g/mol. The Labute approximate surface area is 162 Å². The highest BCUT2D eigenvalue weighted by atomic mass is 16.7. The third kappa shape index (κ3) is 12.7. The summed E-state index contributed by atoms with van der Waals surface area (Å²) in [5.74, 6) is -1.74. The molecule has 0 fully saturated rings. The fourth-order valence-electron chi connectivity index (χ4n) is 2.62. The van der Waals surface area contributed by atoms with E-state index in [1.165, 1.54) is 7.11 Å². The lowest BCUT2D eigenvalue weighted by molar-refractivity contribution is -0.177. The maximum Gasteiger partial charge on any atom is 0.337 e. The average Bonchev–Trinajstić information content (AvgIpc) is 2.63. The Morgan fingerprint density at radius 1 is 0.889 bits per heavy atom. The topological polar surface area (TPSA) is 125 Å². The molecule has 4 N–H and O–H groups in total. The van der Waals surface area contributed by atoms with Crippen molar-refractivity contribution in [2.75, 3.05) is 13.7 Å². The lowest BCUT2D eigenvalue weighted by Crippen LogP contribution is -2.48. The molecule has 27 heavy (non-hydrogen) atoms. The van der Waals surface area contributed by atoms with Crippen molar-refractivity contribution in [1.29, 1.82) is 0 Å². The molecule has 0 aromatic heterocycles. The molecule has 0 saturated carbocycles. The van der Waals surface area contributed by atoms with Gasteiger partial charge in [-0.15, -0.1) is 0 Å². The van der Waals surface area contributed by atoms with Crippen LogP contribution in [0.5, 0.6) is 0 Å². The molecule has 3 atom stereocenters. The van der Waals surface area contributed by atoms with Crippen LogP contribution >= 0.6 is 0 Å². The van der Waals surface area contributed by atoms with E-state index in [1.54, 1.807) is 13.8 Å². The van der Waals surface area contributed by atoms with Gasteiger partial charge in [-0.2, -0.15) is 0 Å². The SMILES string of the molecule is COC(=O)CCCCCCCCCCNOC(C(=O)O)C(O)C(O)C(C)C. The smallest absolute Gasteiger partial charge is 0.337 e. The van der Waals surface area contributed by atoms with Crippen LogP contribution in [0, 0.1) is 5.92 Å². The van der Waals surface area contributed by atoms with Gasteiger partial charge in [-0.3, -0.25) is 9.63 Å². The molecule has 0 radical (unpaired) electrons. The number of carbonyl (C=O) groups is 2. The second-order valence-electron chi connectivity index (χ2n) is 7.15. The number of hydroxylamine groups is 1. The molecular weight excluding hydrogens is 354 g/mol. The van der Waals surface area contributed by atoms with Crippen molar-refractivity contribution >= 4 is 11.9 Å². The number of aliphatic hydroxyl groups excluding tert-OH is 2. The van der Waals surface area contributed by atoms with Crippen molar-refractivity contribution in [2.24, 2.45) is 5.92 Å². The Bertz CT molecular complexity index is 404. The van der Waals surface area contributed by atoms with Crippen molar-refractivity contribution in [3.05, 3.63) is 0 Å². The zero-order valence-electron chi connectivity index (χ0n) is 16.9. The number of carboxylic acids is 1. The predicted octanol–water partition coefficient (Wildman–Crippen LogP) is 2.02. The van der Waals surface area contributed by atoms with Gasteiger partial charge in [0.2, 0.25) is 6.10 Å². The molecule has 0 rings (SSSR count). The van der Waals surface area contributed by atoms with E-state index >= 15 is 0 Å². The molecule has 0 aliphatic rings. The standard InChI is InChI=1S/C19H37NO7/c1-14(2)16(22)17(23)18(19(24)25)27-20-13-11-9-7-5-4-6-8-10-12-15(21)26-3/h14,16-18,20,22-23H,4-13H2,1-3H3,(H,24,25). The zero-order valence-corrected chi connectivity index (χ0v) is 16.9. The molecule has 0 heterocycles. The van der Waals surface area contributed by atoms with Gasteiger partial charge in [0.15, 0.2) is 0 Å². The van der Waals surface area contributed by atoms with E-state index in [1.807, 2.05) is 0 Å². The second-order valence-corrected chi connectivity index (χ2v) is 7.15. The van der Waals surface area contributed by atoms with Crippen LogP contribution < -0.4 is 5.48 Å². The highest BCUT2D eigenvalue weighted by molar-refractivity contribution is 5.73. The van der Waals surface area contributed by atoms with E-state index in [-0.39, 0.29) is 11.9 Å². The number of hydrogen-bond acceptors (Lipinski definition) is 7. The van der Waals surface area contributed by atoms with Crippen molar-refractivity contribution in [3.8, 4) is 0 Å². The number of methoxy groups -OCH3 is 1. The third-order valence-electron chi connectivity index (χ3n) is 4.43. The van der Waals surface area contributed by atoms with E-state index < -0.39 is 24.3 Å². The summed E-state index contributed by atoms with van der Waals surface area (Å²) in [6.45, 7) is 3.87. The Balaban J connectivity index is 3.66. The minimum absolute atomic E-state index is 0.152. The number of ether oxygens (including phenoxy) is 1. The Kier molecular flexibility index (Phi) is 15.1. The third-order valence-corrected chi connectivity index (χ3v) is 4.43. The summed E-state index contributed by atoms with van der Waals surface area (Å²) in [6.07, 6.45) is 4.49. The van der Waals surface area contributed by atoms with Crippen molar-refractivity contribution in [3.63, 3.8) is 0 Å². The minimum Gasteiger partial charge on any atom is -0.479 e. The van der Waals surface area contributed by atoms with Crippen LogP contribution in [0.25, 0.3) is 0 Å². The maximum absolute atomic E-state index is 11.2. The highest BCUT2D eigenvalue weighted by Crippen LogP contribution is 2.12. The van der Waals surface area contributed by atoms with Crippen LogP contribution in [0.1, 0.15) is 71.6 Å². The molecule has 0 bridgehead atoms. The summed E-state index contributed by atoms with van der Waals surface area (Å²) in [4.78, 5) is 27.2. The largest absolute Gasteiger partial charge is 0.479 e. The lowest BCUT2D eigenvalue weighted by atomic mass is 9.98. The normalized spacial score (nSPS) is 14.7. The van der Waals surface area contributed by atoms with Gasteiger partial charge in [0.25, 0.3) is 0 Å². The van der Waals surface area contributed by atoms with Gasteiger partial charge in [-0.1, -0.05) is 52.4 Å². The summed E-state index contributed by atoms with van der Waals surface area (Å²) in [7, 11) is 1.40. The van der Waals surface area contributed by atoms with E-state index in [4.69, 9.17) is 9.94 Å². The molecule has 8 nitrogen and oxygen atoms in total. The minimum atomic E-state index is -1.51. The molecule has 0 saturated heterocycles. The highest BCUT2D eigenvalue weighted by Gasteiger charge is 2.34. The van der Waals surface area contributed by atoms with Gasteiger partial charge in [-0.25, -0.2) is 10.3 Å². The summed E-state index contributed by atoms with van der Waals surface area (Å²) in [5.41, 5.74) is 2.58. The molecule has 0 aliphatic carbocycles. The molecule has 0 aliphatic heterocycles. The average molecular weight is 392 g/mol. The number of aliphatic hydroxyl groups is 2. The van der Waals surface area contributed by atoms with Gasteiger partial charge in [-0.05, 0) is 18.8 Å². The first-order valence-corrected chi connectivity index (χ1v) is 9.85. The lowest BCUT2D eigenvalue weighted by Gasteiger charge is -2.26. The van der Waals surface area contributed by atoms with Crippen LogP contribution in [-0.2, 0) is 19.2 Å².